The molecular weight excluding hydrogens is 392 g/mol. The molecule has 1 saturated heterocycles. The average molecular weight is 411 g/mol. The monoisotopic (exact) mass is 410 g/mol. The molecule has 7 heteroatoms. The molecule has 2 atom stereocenters. The number of morpholine rings is 1. The van der Waals surface area contributed by atoms with Crippen LogP contribution in [0.1, 0.15) is 19.4 Å². The van der Waals surface area contributed by atoms with Gasteiger partial charge in [-0.25, -0.2) is 0 Å². The quantitative estimate of drug-likeness (QED) is 0.697. The molecule has 2 aliphatic rings. The highest BCUT2D eigenvalue weighted by molar-refractivity contribution is 9.10. The van der Waals surface area contributed by atoms with Crippen LogP contribution in [0.3, 0.4) is 0 Å². The van der Waals surface area contributed by atoms with Gasteiger partial charge in [0, 0.05) is 23.1 Å². The number of carbonyl (C=O) groups is 1. The Morgan fingerprint density at radius 3 is 2.75 bits per heavy atom. The largest absolute Gasteiger partial charge is 0.496 e. The van der Waals surface area contributed by atoms with E-state index < -0.39 is 0 Å². The zero-order chi connectivity index (χ0) is 17.3. The standard InChI is InChI=1S/C17H19BrN2O3S/c1-10-8-20(9-11(2)23-10)17-19-16(21)15(24-17)7-12-6-13(18)4-5-14(12)22-3/h4-7,10-11H,8-9H2,1-3H3/b15-7-/t10-,11-/m0/s1. The van der Waals surface area contributed by atoms with Crippen molar-refractivity contribution in [3.63, 3.8) is 0 Å². The third-order valence-corrected chi connectivity index (χ3v) is 5.32. The number of thioether (sulfide) groups is 1. The van der Waals surface area contributed by atoms with Gasteiger partial charge >= 0.3 is 0 Å². The predicted molar refractivity (Wildman–Crippen MR) is 100 cm³/mol. The van der Waals surface area contributed by atoms with Crippen LogP contribution < -0.4 is 4.74 Å². The van der Waals surface area contributed by atoms with E-state index >= 15 is 0 Å². The van der Waals surface area contributed by atoms with Crippen molar-refractivity contribution in [2.45, 2.75) is 26.1 Å². The summed E-state index contributed by atoms with van der Waals surface area (Å²) in [6, 6.07) is 5.70. The van der Waals surface area contributed by atoms with Gasteiger partial charge in [0.15, 0.2) is 5.17 Å². The predicted octanol–water partition coefficient (Wildman–Crippen LogP) is 3.54. The summed E-state index contributed by atoms with van der Waals surface area (Å²) < 4.78 is 12.0. The molecule has 0 spiro atoms. The Balaban J connectivity index is 1.81. The SMILES string of the molecule is COc1ccc(Br)cc1/C=C1\SC(N2C[C@H](C)O[C@@H](C)C2)=NC1=O. The number of rotatable bonds is 2. The van der Waals surface area contributed by atoms with E-state index in [4.69, 9.17) is 9.47 Å². The van der Waals surface area contributed by atoms with Crippen LogP contribution in [0.25, 0.3) is 6.08 Å². The minimum Gasteiger partial charge on any atom is -0.496 e. The Morgan fingerprint density at radius 1 is 1.38 bits per heavy atom. The van der Waals surface area contributed by atoms with Crippen LogP contribution in [-0.2, 0) is 9.53 Å². The molecule has 3 rings (SSSR count). The highest BCUT2D eigenvalue weighted by Gasteiger charge is 2.31. The first kappa shape index (κ1) is 17.5. The third kappa shape index (κ3) is 3.84. The molecule has 5 nitrogen and oxygen atoms in total. The summed E-state index contributed by atoms with van der Waals surface area (Å²) in [5, 5.41) is 0.752. The van der Waals surface area contributed by atoms with Gasteiger partial charge in [0.05, 0.1) is 24.2 Å². The normalized spacial score (nSPS) is 26.0. The van der Waals surface area contributed by atoms with E-state index in [9.17, 15) is 4.79 Å². The molecule has 0 aliphatic carbocycles. The van der Waals surface area contributed by atoms with Crippen molar-refractivity contribution < 1.29 is 14.3 Å². The molecule has 0 aromatic heterocycles. The molecule has 0 radical (unpaired) electrons. The Kier molecular flexibility index (Phi) is 5.32. The van der Waals surface area contributed by atoms with Crippen LogP contribution in [0.15, 0.2) is 32.6 Å². The lowest BCUT2D eigenvalue weighted by Crippen LogP contribution is -2.47. The number of benzene rings is 1. The van der Waals surface area contributed by atoms with Crippen molar-refractivity contribution in [2.75, 3.05) is 20.2 Å². The smallest absolute Gasteiger partial charge is 0.286 e. The second-order valence-corrected chi connectivity index (χ2v) is 7.78. The fourth-order valence-corrected chi connectivity index (χ4v) is 4.13. The minimum atomic E-state index is -0.205. The van der Waals surface area contributed by atoms with Crippen molar-refractivity contribution in [2.24, 2.45) is 4.99 Å². The Bertz CT molecular complexity index is 710. The van der Waals surface area contributed by atoms with Crippen molar-refractivity contribution in [1.29, 1.82) is 0 Å². The van der Waals surface area contributed by atoms with Crippen LogP contribution in [0, 0.1) is 0 Å². The average Bonchev–Trinajstić information content (AvgIpc) is 2.88. The maximum absolute atomic E-state index is 12.3. The number of amidine groups is 1. The fourth-order valence-electron chi connectivity index (χ4n) is 2.83. The molecule has 0 bridgehead atoms. The molecule has 0 N–H and O–H groups in total. The zero-order valence-corrected chi connectivity index (χ0v) is 16.2. The molecule has 24 heavy (non-hydrogen) atoms. The molecule has 0 unspecified atom stereocenters. The molecule has 1 aromatic rings. The maximum Gasteiger partial charge on any atom is 0.286 e. The molecule has 1 aromatic carbocycles. The molecule has 128 valence electrons. The lowest BCUT2D eigenvalue weighted by Gasteiger charge is -2.35. The summed E-state index contributed by atoms with van der Waals surface area (Å²) in [7, 11) is 1.62. The number of aliphatic imine (C=N–C) groups is 1. The summed E-state index contributed by atoms with van der Waals surface area (Å²) in [5.41, 5.74) is 0.850. The summed E-state index contributed by atoms with van der Waals surface area (Å²) in [4.78, 5) is 19.2. The molecule has 2 aliphatic heterocycles. The Labute approximate surface area is 154 Å². The molecule has 1 amide bonds. The number of carbonyl (C=O) groups excluding carboxylic acids is 1. The van der Waals surface area contributed by atoms with Gasteiger partial charge in [0.1, 0.15) is 5.75 Å². The molecular formula is C17H19BrN2O3S. The maximum atomic E-state index is 12.3. The summed E-state index contributed by atoms with van der Waals surface area (Å²) in [6.45, 7) is 5.56. The lowest BCUT2D eigenvalue weighted by molar-refractivity contribution is -0.113. The van der Waals surface area contributed by atoms with E-state index in [0.29, 0.717) is 4.91 Å². The van der Waals surface area contributed by atoms with Crippen molar-refractivity contribution in [3.8, 4) is 5.75 Å². The van der Waals surface area contributed by atoms with Crippen LogP contribution in [0.2, 0.25) is 0 Å². The van der Waals surface area contributed by atoms with E-state index in [-0.39, 0.29) is 18.1 Å². The van der Waals surface area contributed by atoms with Crippen molar-refractivity contribution in [1.82, 2.24) is 4.90 Å². The Hall–Kier alpha value is -1.31. The summed E-state index contributed by atoms with van der Waals surface area (Å²) in [6.07, 6.45) is 2.09. The van der Waals surface area contributed by atoms with Gasteiger partial charge in [-0.1, -0.05) is 15.9 Å². The fraction of sp³-hybridized carbons (Fsp3) is 0.412. The van der Waals surface area contributed by atoms with Gasteiger partial charge in [-0.3, -0.25) is 4.79 Å². The number of methoxy groups -OCH3 is 1. The second kappa shape index (κ2) is 7.29. The van der Waals surface area contributed by atoms with E-state index in [1.165, 1.54) is 11.8 Å². The van der Waals surface area contributed by atoms with Gasteiger partial charge in [-0.15, -0.1) is 0 Å². The van der Waals surface area contributed by atoms with Crippen LogP contribution >= 0.6 is 27.7 Å². The molecule has 1 fully saturated rings. The lowest BCUT2D eigenvalue weighted by atomic mass is 10.2. The number of hydrogen-bond donors (Lipinski definition) is 0. The number of ether oxygens (including phenoxy) is 2. The van der Waals surface area contributed by atoms with Crippen molar-refractivity contribution >= 4 is 44.8 Å². The first-order valence-electron chi connectivity index (χ1n) is 7.72. The number of amides is 1. The third-order valence-electron chi connectivity index (χ3n) is 3.78. The van der Waals surface area contributed by atoms with Crippen molar-refractivity contribution in [3.05, 3.63) is 33.1 Å². The summed E-state index contributed by atoms with van der Waals surface area (Å²) >= 11 is 4.86. The van der Waals surface area contributed by atoms with E-state index in [1.54, 1.807) is 7.11 Å². The van der Waals surface area contributed by atoms with Gasteiger partial charge < -0.3 is 14.4 Å². The van der Waals surface area contributed by atoms with E-state index in [1.807, 2.05) is 38.1 Å². The van der Waals surface area contributed by atoms with Gasteiger partial charge in [0.2, 0.25) is 0 Å². The first-order chi connectivity index (χ1) is 11.5. The van der Waals surface area contributed by atoms with Gasteiger partial charge in [-0.05, 0) is 49.9 Å². The summed E-state index contributed by atoms with van der Waals surface area (Å²) in [5.74, 6) is 0.519. The second-order valence-electron chi connectivity index (χ2n) is 5.86. The van der Waals surface area contributed by atoms with Gasteiger partial charge in [-0.2, -0.15) is 4.99 Å². The highest BCUT2D eigenvalue weighted by atomic mass is 79.9. The zero-order valence-electron chi connectivity index (χ0n) is 13.8. The van der Waals surface area contributed by atoms with Crippen LogP contribution in [0.4, 0.5) is 0 Å². The molecule has 2 heterocycles. The van der Waals surface area contributed by atoms with Crippen LogP contribution in [-0.4, -0.2) is 48.4 Å². The minimum absolute atomic E-state index is 0.130. The number of hydrogen-bond acceptors (Lipinski definition) is 5. The topological polar surface area (TPSA) is 51.1 Å². The number of halogens is 1. The Morgan fingerprint density at radius 2 is 2.08 bits per heavy atom. The van der Waals surface area contributed by atoms with Gasteiger partial charge in [0.25, 0.3) is 5.91 Å². The van der Waals surface area contributed by atoms with E-state index in [0.717, 1.165) is 34.0 Å². The van der Waals surface area contributed by atoms with Crippen LogP contribution in [0.5, 0.6) is 5.75 Å². The number of nitrogens with zero attached hydrogens (tertiary/aromatic N) is 2. The molecule has 0 saturated carbocycles. The highest BCUT2D eigenvalue weighted by Crippen LogP contribution is 2.34. The first-order valence-corrected chi connectivity index (χ1v) is 9.33. The van der Waals surface area contributed by atoms with E-state index in [2.05, 4.69) is 25.8 Å².